The fourth-order valence-corrected chi connectivity index (χ4v) is 3.83. The third-order valence-corrected chi connectivity index (χ3v) is 5.83. The van der Waals surface area contributed by atoms with Crippen LogP contribution >= 0.6 is 0 Å². The number of benzene rings is 2. The number of aryl methyl sites for hydroxylation is 1. The minimum Gasteiger partial charge on any atom is -0.494 e. The zero-order valence-electron chi connectivity index (χ0n) is 19.6. The summed E-state index contributed by atoms with van der Waals surface area (Å²) in [6, 6.07) is 16.3. The first kappa shape index (κ1) is 23.8. The van der Waals surface area contributed by atoms with Crippen LogP contribution in [-0.4, -0.2) is 35.8 Å². The van der Waals surface area contributed by atoms with Gasteiger partial charge in [0, 0.05) is 13.7 Å². The number of carbonyl (C=O) groups excluding carboxylic acids is 1. The third-order valence-electron chi connectivity index (χ3n) is 5.83. The number of amides is 1. The number of fused-ring (bicyclic) bond motifs is 1. The molecule has 1 amide bonds. The van der Waals surface area contributed by atoms with Gasteiger partial charge in [-0.3, -0.25) is 4.79 Å². The molecule has 172 valence electrons. The predicted octanol–water partition coefficient (Wildman–Crippen LogP) is 5.23. The van der Waals surface area contributed by atoms with E-state index in [4.69, 9.17) is 14.5 Å². The van der Waals surface area contributed by atoms with E-state index in [2.05, 4.69) is 54.1 Å². The van der Waals surface area contributed by atoms with E-state index < -0.39 is 0 Å². The smallest absolute Gasteiger partial charge is 0.246 e. The molecule has 0 saturated carbocycles. The van der Waals surface area contributed by atoms with Gasteiger partial charge in [-0.25, -0.2) is 4.98 Å². The van der Waals surface area contributed by atoms with E-state index >= 15 is 0 Å². The number of rotatable bonds is 12. The molecule has 0 aliphatic carbocycles. The minimum absolute atomic E-state index is 0.0419. The molecular formula is C26H35N3O3. The zero-order valence-corrected chi connectivity index (χ0v) is 19.6. The molecule has 6 heteroatoms. The van der Waals surface area contributed by atoms with Crippen LogP contribution in [0.15, 0.2) is 48.5 Å². The Hall–Kier alpha value is -2.86. The molecule has 0 radical (unpaired) electrons. The predicted molar refractivity (Wildman–Crippen MR) is 128 cm³/mol. The first-order valence-electron chi connectivity index (χ1n) is 11.5. The van der Waals surface area contributed by atoms with Gasteiger partial charge in [0.2, 0.25) is 5.91 Å². The Morgan fingerprint density at radius 3 is 2.56 bits per heavy atom. The van der Waals surface area contributed by atoms with E-state index in [1.165, 1.54) is 12.7 Å². The average molecular weight is 438 g/mol. The molecule has 0 saturated heterocycles. The molecule has 3 rings (SSSR count). The van der Waals surface area contributed by atoms with Gasteiger partial charge in [0.1, 0.15) is 18.2 Å². The number of unbranched alkanes of at least 4 members (excludes halogenated alkanes) is 1. The van der Waals surface area contributed by atoms with Crippen LogP contribution < -0.4 is 10.1 Å². The summed E-state index contributed by atoms with van der Waals surface area (Å²) in [5.41, 5.74) is 3.37. The van der Waals surface area contributed by atoms with E-state index in [9.17, 15) is 4.79 Å². The Morgan fingerprint density at radius 1 is 1.09 bits per heavy atom. The average Bonchev–Trinajstić information content (AvgIpc) is 3.17. The van der Waals surface area contributed by atoms with E-state index in [0.717, 1.165) is 48.4 Å². The Balaban J connectivity index is 1.57. The molecule has 6 nitrogen and oxygen atoms in total. The second-order valence-corrected chi connectivity index (χ2v) is 8.27. The Bertz CT molecular complexity index is 997. The van der Waals surface area contributed by atoms with Gasteiger partial charge >= 0.3 is 0 Å². The highest BCUT2D eigenvalue weighted by atomic mass is 16.5. The molecule has 1 N–H and O–H groups in total. The summed E-state index contributed by atoms with van der Waals surface area (Å²) in [5, 5.41) is 2.97. The van der Waals surface area contributed by atoms with Gasteiger partial charge in [-0.05, 0) is 61.9 Å². The quantitative estimate of drug-likeness (QED) is 0.394. The van der Waals surface area contributed by atoms with E-state index in [0.29, 0.717) is 12.5 Å². The van der Waals surface area contributed by atoms with E-state index in [1.807, 2.05) is 25.1 Å². The first-order valence-corrected chi connectivity index (χ1v) is 11.5. The van der Waals surface area contributed by atoms with Crippen molar-refractivity contribution >= 4 is 16.9 Å². The summed E-state index contributed by atoms with van der Waals surface area (Å²) in [6.07, 6.45) is 3.03. The number of hydrogen-bond donors (Lipinski definition) is 1. The van der Waals surface area contributed by atoms with E-state index in [-0.39, 0.29) is 18.6 Å². The standard InChI is InChI=1S/C26H35N3O3/c1-5-19(2)21-12-14-22(15-13-21)32-17-9-8-16-29-24-11-7-6-10-23(24)28-26(29)20(3)27-25(30)18-31-4/h6-7,10-15,19-20H,5,8-9,16-18H2,1-4H3,(H,27,30). The van der Waals surface area contributed by atoms with E-state index in [1.54, 1.807) is 0 Å². The molecular weight excluding hydrogens is 402 g/mol. The van der Waals surface area contributed by atoms with Crippen LogP contribution in [0, 0.1) is 0 Å². The number of imidazole rings is 1. The summed E-state index contributed by atoms with van der Waals surface area (Å²) in [4.78, 5) is 16.8. The molecule has 0 fully saturated rings. The normalized spacial score (nSPS) is 13.1. The Morgan fingerprint density at radius 2 is 1.84 bits per heavy atom. The van der Waals surface area contributed by atoms with Gasteiger partial charge < -0.3 is 19.4 Å². The Kier molecular flexibility index (Phi) is 8.68. The zero-order chi connectivity index (χ0) is 22.9. The fourth-order valence-electron chi connectivity index (χ4n) is 3.83. The van der Waals surface area contributed by atoms with Crippen LogP contribution in [0.4, 0.5) is 0 Å². The van der Waals surface area contributed by atoms with Crippen molar-refractivity contribution in [3.05, 3.63) is 59.9 Å². The van der Waals surface area contributed by atoms with Crippen LogP contribution in [0.3, 0.4) is 0 Å². The number of nitrogens with one attached hydrogen (secondary N) is 1. The van der Waals surface area contributed by atoms with Crippen molar-refractivity contribution in [2.45, 2.75) is 58.5 Å². The lowest BCUT2D eigenvalue weighted by Gasteiger charge is -2.16. The van der Waals surface area contributed by atoms with Crippen molar-refractivity contribution in [3.8, 4) is 5.75 Å². The highest BCUT2D eigenvalue weighted by Gasteiger charge is 2.18. The van der Waals surface area contributed by atoms with Gasteiger partial charge in [-0.15, -0.1) is 0 Å². The van der Waals surface area contributed by atoms with Crippen LogP contribution in [0.5, 0.6) is 5.75 Å². The largest absolute Gasteiger partial charge is 0.494 e. The molecule has 2 aromatic carbocycles. The molecule has 0 bridgehead atoms. The molecule has 0 aliphatic heterocycles. The van der Waals surface area contributed by atoms with Gasteiger partial charge in [0.15, 0.2) is 0 Å². The third kappa shape index (κ3) is 6.10. The number of aromatic nitrogens is 2. The maximum Gasteiger partial charge on any atom is 0.246 e. The SMILES string of the molecule is CCC(C)c1ccc(OCCCCn2c(C(C)NC(=O)COC)nc3ccccc32)cc1. The number of carbonyl (C=O) groups is 1. The number of hydrogen-bond acceptors (Lipinski definition) is 4. The monoisotopic (exact) mass is 437 g/mol. The van der Waals surface area contributed by atoms with Crippen molar-refractivity contribution in [3.63, 3.8) is 0 Å². The maximum absolute atomic E-state index is 12.0. The number of ether oxygens (including phenoxy) is 2. The number of methoxy groups -OCH3 is 1. The van der Waals surface area contributed by atoms with Gasteiger partial charge in [-0.1, -0.05) is 38.1 Å². The van der Waals surface area contributed by atoms with Crippen LogP contribution in [0.2, 0.25) is 0 Å². The van der Waals surface area contributed by atoms with Gasteiger partial charge in [-0.2, -0.15) is 0 Å². The van der Waals surface area contributed by atoms with Crippen molar-refractivity contribution in [2.75, 3.05) is 20.3 Å². The van der Waals surface area contributed by atoms with Crippen molar-refractivity contribution in [1.29, 1.82) is 0 Å². The molecule has 2 atom stereocenters. The molecule has 32 heavy (non-hydrogen) atoms. The lowest BCUT2D eigenvalue weighted by Crippen LogP contribution is -2.31. The molecule has 0 spiro atoms. The fraction of sp³-hybridized carbons (Fsp3) is 0.462. The summed E-state index contributed by atoms with van der Waals surface area (Å²) in [7, 11) is 1.52. The number of para-hydroxylation sites is 2. The summed E-state index contributed by atoms with van der Waals surface area (Å²) >= 11 is 0. The van der Waals surface area contributed by atoms with Gasteiger partial charge in [0.05, 0.1) is 23.7 Å². The van der Waals surface area contributed by atoms with Crippen LogP contribution in [-0.2, 0) is 16.1 Å². The highest BCUT2D eigenvalue weighted by Crippen LogP contribution is 2.23. The summed E-state index contributed by atoms with van der Waals surface area (Å²) in [5.74, 6) is 2.20. The second-order valence-electron chi connectivity index (χ2n) is 8.27. The molecule has 1 aromatic heterocycles. The lowest BCUT2D eigenvalue weighted by molar-refractivity contribution is -0.125. The topological polar surface area (TPSA) is 65.4 Å². The Labute approximate surface area is 190 Å². The molecule has 0 aliphatic rings. The van der Waals surface area contributed by atoms with Crippen molar-refractivity contribution in [1.82, 2.24) is 14.9 Å². The summed E-state index contributed by atoms with van der Waals surface area (Å²) < 4.78 is 13.1. The van der Waals surface area contributed by atoms with Crippen LogP contribution in [0.1, 0.15) is 63.4 Å². The highest BCUT2D eigenvalue weighted by molar-refractivity contribution is 5.78. The van der Waals surface area contributed by atoms with Crippen molar-refractivity contribution in [2.24, 2.45) is 0 Å². The first-order chi connectivity index (χ1) is 15.5. The number of nitrogens with zero attached hydrogens (tertiary/aromatic N) is 2. The summed E-state index contributed by atoms with van der Waals surface area (Å²) in [6.45, 7) is 7.94. The molecule has 3 aromatic rings. The second kappa shape index (κ2) is 11.7. The maximum atomic E-state index is 12.0. The minimum atomic E-state index is -0.203. The molecule has 1 heterocycles. The van der Waals surface area contributed by atoms with Gasteiger partial charge in [0.25, 0.3) is 0 Å². The van der Waals surface area contributed by atoms with Crippen LogP contribution in [0.25, 0.3) is 11.0 Å². The lowest BCUT2D eigenvalue weighted by atomic mass is 9.99. The van der Waals surface area contributed by atoms with Crippen molar-refractivity contribution < 1.29 is 14.3 Å². The molecule has 2 unspecified atom stereocenters.